The van der Waals surface area contributed by atoms with Crippen molar-refractivity contribution in [2.45, 2.75) is 32.4 Å². The monoisotopic (exact) mass is 343 g/mol. The first-order chi connectivity index (χ1) is 12.1. The van der Waals surface area contributed by atoms with Gasteiger partial charge in [0, 0.05) is 30.7 Å². The summed E-state index contributed by atoms with van der Waals surface area (Å²) >= 11 is 0. The van der Waals surface area contributed by atoms with Crippen molar-refractivity contribution in [2.24, 2.45) is 0 Å². The molecule has 0 saturated carbocycles. The molecular weight excluding hydrogens is 321 g/mol. The number of anilines is 1. The number of carbonyl (C=O) groups is 1. The van der Waals surface area contributed by atoms with Gasteiger partial charge in [0.2, 0.25) is 0 Å². The number of hydrogen-bond acceptors (Lipinski definition) is 3. The molecule has 0 spiro atoms. The fraction of sp³-hybridized carbons (Fsp3) is 0.368. The first kappa shape index (κ1) is 17.4. The van der Waals surface area contributed by atoms with Crippen LogP contribution in [0.2, 0.25) is 0 Å². The van der Waals surface area contributed by atoms with Crippen LogP contribution in [0.5, 0.6) is 0 Å². The first-order valence-corrected chi connectivity index (χ1v) is 8.38. The second-order valence-corrected chi connectivity index (χ2v) is 6.29. The quantitative estimate of drug-likeness (QED) is 0.782. The van der Waals surface area contributed by atoms with Gasteiger partial charge in [0.05, 0.1) is 18.8 Å². The number of nitrogens with zero attached hydrogens (tertiary/aromatic N) is 3. The highest BCUT2D eigenvalue weighted by atomic mass is 19.1. The number of benzene rings is 1. The summed E-state index contributed by atoms with van der Waals surface area (Å²) in [5, 5.41) is 4.43. The molecule has 132 valence electrons. The molecule has 1 aliphatic rings. The fourth-order valence-electron chi connectivity index (χ4n) is 3.07. The van der Waals surface area contributed by atoms with Crippen molar-refractivity contribution in [3.63, 3.8) is 0 Å². The maximum absolute atomic E-state index is 13.7. The van der Waals surface area contributed by atoms with Crippen molar-refractivity contribution in [2.75, 3.05) is 18.1 Å². The molecule has 5 nitrogen and oxygen atoms in total. The number of aromatic nitrogens is 2. The first-order valence-electron chi connectivity index (χ1n) is 8.38. The van der Waals surface area contributed by atoms with Crippen LogP contribution < -0.4 is 4.90 Å². The summed E-state index contributed by atoms with van der Waals surface area (Å²) in [5.41, 5.74) is 2.17. The Kier molecular flexibility index (Phi) is 5.28. The molecule has 0 unspecified atom stereocenters. The van der Waals surface area contributed by atoms with E-state index >= 15 is 0 Å². The molecule has 6 heteroatoms. The molecule has 2 heterocycles. The lowest BCUT2D eigenvalue weighted by molar-refractivity contribution is -0.114. The predicted molar refractivity (Wildman–Crippen MR) is 93.8 cm³/mol. The minimum absolute atomic E-state index is 0.274. The Labute approximate surface area is 146 Å². The van der Waals surface area contributed by atoms with E-state index in [0.717, 1.165) is 37.2 Å². The van der Waals surface area contributed by atoms with Gasteiger partial charge in [-0.15, -0.1) is 0 Å². The van der Waals surface area contributed by atoms with Gasteiger partial charge in [-0.1, -0.05) is 6.58 Å². The average molecular weight is 343 g/mol. The summed E-state index contributed by atoms with van der Waals surface area (Å²) in [4.78, 5) is 13.8. The van der Waals surface area contributed by atoms with Crippen molar-refractivity contribution >= 4 is 11.6 Å². The van der Waals surface area contributed by atoms with E-state index in [1.54, 1.807) is 19.2 Å². The van der Waals surface area contributed by atoms with E-state index in [2.05, 4.69) is 11.7 Å². The zero-order valence-electron chi connectivity index (χ0n) is 14.3. The molecule has 1 aromatic carbocycles. The molecule has 1 saturated heterocycles. The van der Waals surface area contributed by atoms with Crippen molar-refractivity contribution in [3.8, 4) is 0 Å². The van der Waals surface area contributed by atoms with Gasteiger partial charge < -0.3 is 9.64 Å². The Hall–Kier alpha value is -2.47. The van der Waals surface area contributed by atoms with Gasteiger partial charge in [-0.05, 0) is 49.6 Å². The highest BCUT2D eigenvalue weighted by Gasteiger charge is 2.19. The molecule has 1 fully saturated rings. The summed E-state index contributed by atoms with van der Waals surface area (Å²) in [6.45, 7) is 7.15. The third-order valence-corrected chi connectivity index (χ3v) is 4.34. The van der Waals surface area contributed by atoms with E-state index in [4.69, 9.17) is 4.74 Å². The molecule has 25 heavy (non-hydrogen) atoms. The smallest absolute Gasteiger partial charge is 0.250 e. The topological polar surface area (TPSA) is 47.4 Å². The second kappa shape index (κ2) is 7.61. The molecule has 2 aromatic rings. The molecule has 1 aromatic heterocycles. The molecule has 0 atom stereocenters. The average Bonchev–Trinajstić information content (AvgIpc) is 3.07. The van der Waals surface area contributed by atoms with Crippen LogP contribution >= 0.6 is 0 Å². The molecule has 0 radical (unpaired) electrons. The molecule has 0 bridgehead atoms. The molecule has 0 aliphatic carbocycles. The number of ether oxygens (including phenoxy) is 1. The van der Waals surface area contributed by atoms with Crippen LogP contribution in [0.3, 0.4) is 0 Å². The molecule has 1 aliphatic heterocycles. The van der Waals surface area contributed by atoms with Gasteiger partial charge >= 0.3 is 0 Å². The Morgan fingerprint density at radius 2 is 2.20 bits per heavy atom. The van der Waals surface area contributed by atoms with Crippen LogP contribution in [-0.2, 0) is 16.1 Å². The van der Waals surface area contributed by atoms with Gasteiger partial charge in [0.1, 0.15) is 5.82 Å². The number of halogens is 1. The van der Waals surface area contributed by atoms with Gasteiger partial charge in [-0.25, -0.2) is 4.39 Å². The molecule has 1 amide bonds. The van der Waals surface area contributed by atoms with E-state index < -0.39 is 0 Å². The third kappa shape index (κ3) is 4.14. The van der Waals surface area contributed by atoms with Gasteiger partial charge in [-0.2, -0.15) is 5.10 Å². The number of hydrogen-bond donors (Lipinski definition) is 0. The van der Waals surface area contributed by atoms with Crippen molar-refractivity contribution in [1.29, 1.82) is 0 Å². The third-order valence-electron chi connectivity index (χ3n) is 4.34. The Morgan fingerprint density at radius 1 is 1.44 bits per heavy atom. The highest BCUT2D eigenvalue weighted by molar-refractivity contribution is 6.01. The van der Waals surface area contributed by atoms with Crippen LogP contribution in [0.15, 0.2) is 43.2 Å². The highest BCUT2D eigenvalue weighted by Crippen LogP contribution is 2.23. The van der Waals surface area contributed by atoms with E-state index in [9.17, 15) is 9.18 Å². The minimum atomic E-state index is -0.366. The summed E-state index contributed by atoms with van der Waals surface area (Å²) in [6, 6.07) is 4.90. The second-order valence-electron chi connectivity index (χ2n) is 6.29. The predicted octanol–water partition coefficient (Wildman–Crippen LogP) is 3.40. The lowest BCUT2D eigenvalue weighted by Gasteiger charge is -2.23. The van der Waals surface area contributed by atoms with Crippen LogP contribution in [0.25, 0.3) is 0 Å². The normalized spacial score (nSPS) is 15.1. The Bertz CT molecular complexity index is 746. The zero-order valence-corrected chi connectivity index (χ0v) is 14.3. The van der Waals surface area contributed by atoms with E-state index in [1.807, 2.05) is 10.9 Å². The lowest BCUT2D eigenvalue weighted by atomic mass is 10.1. The summed E-state index contributed by atoms with van der Waals surface area (Å²) in [7, 11) is 0. The number of rotatable bonds is 5. The number of aryl methyl sites for hydroxylation is 1. The largest absolute Gasteiger partial charge is 0.381 e. The summed E-state index contributed by atoms with van der Waals surface area (Å²) in [6.07, 6.45) is 6.80. The standard InChI is InChI=1S/C19H22FN3O2/c1-3-19(24)22(18-9-14(2)8-16(20)10-18)12-15-11-21-23(13-15)17-4-6-25-7-5-17/h3,8-11,13,17H,1,4-7,12H2,2H3. The van der Waals surface area contributed by atoms with E-state index in [1.165, 1.54) is 23.1 Å². The maximum Gasteiger partial charge on any atom is 0.250 e. The lowest BCUT2D eigenvalue weighted by Crippen LogP contribution is -2.28. The van der Waals surface area contributed by atoms with Gasteiger partial charge in [0.25, 0.3) is 5.91 Å². The van der Waals surface area contributed by atoms with Crippen LogP contribution in [-0.4, -0.2) is 28.9 Å². The van der Waals surface area contributed by atoms with Gasteiger partial charge in [0.15, 0.2) is 0 Å². The number of amides is 1. The Balaban J connectivity index is 1.82. The van der Waals surface area contributed by atoms with Gasteiger partial charge in [-0.3, -0.25) is 9.48 Å². The van der Waals surface area contributed by atoms with E-state index in [0.29, 0.717) is 18.3 Å². The molecule has 3 rings (SSSR count). The summed E-state index contributed by atoms with van der Waals surface area (Å²) in [5.74, 6) is -0.640. The molecular formula is C19H22FN3O2. The Morgan fingerprint density at radius 3 is 2.88 bits per heavy atom. The minimum Gasteiger partial charge on any atom is -0.381 e. The van der Waals surface area contributed by atoms with Crippen LogP contribution in [0.4, 0.5) is 10.1 Å². The number of carbonyl (C=O) groups excluding carboxylic acids is 1. The fourth-order valence-corrected chi connectivity index (χ4v) is 3.07. The van der Waals surface area contributed by atoms with Crippen molar-refractivity contribution < 1.29 is 13.9 Å². The zero-order chi connectivity index (χ0) is 17.8. The molecule has 0 N–H and O–H groups in total. The maximum atomic E-state index is 13.7. The van der Waals surface area contributed by atoms with E-state index in [-0.39, 0.29) is 11.7 Å². The van der Waals surface area contributed by atoms with Crippen molar-refractivity contribution in [1.82, 2.24) is 9.78 Å². The SMILES string of the molecule is C=CC(=O)N(Cc1cnn(C2CCOCC2)c1)c1cc(C)cc(F)c1. The van der Waals surface area contributed by atoms with Crippen molar-refractivity contribution in [3.05, 3.63) is 60.2 Å². The summed E-state index contributed by atoms with van der Waals surface area (Å²) < 4.78 is 21.1. The van der Waals surface area contributed by atoms with Crippen LogP contribution in [0, 0.1) is 12.7 Å². The van der Waals surface area contributed by atoms with Crippen LogP contribution in [0.1, 0.15) is 30.0 Å².